The first kappa shape index (κ1) is 18.6. The van der Waals surface area contributed by atoms with E-state index in [1.165, 1.54) is 32.2 Å². The van der Waals surface area contributed by atoms with Crippen molar-refractivity contribution in [2.24, 2.45) is 0 Å². The standard InChI is InChI=1S/C18H16N2O6S/c1-10-7-13(20(22)23)9-15-16(10)19-11(2)18(27(15,24)25)17(21)12-5-4-6-14(8-12)26-3/h4-9,19H,1-3H3. The number of benzene rings is 2. The summed E-state index contributed by atoms with van der Waals surface area (Å²) in [7, 11) is -2.82. The van der Waals surface area contributed by atoms with Crippen molar-refractivity contribution in [2.75, 3.05) is 12.4 Å². The van der Waals surface area contributed by atoms with Crippen LogP contribution in [0, 0.1) is 17.0 Å². The van der Waals surface area contributed by atoms with Crippen LogP contribution >= 0.6 is 0 Å². The van der Waals surface area contributed by atoms with Crippen molar-refractivity contribution in [1.29, 1.82) is 0 Å². The minimum Gasteiger partial charge on any atom is -0.497 e. The van der Waals surface area contributed by atoms with Gasteiger partial charge in [-0.1, -0.05) is 12.1 Å². The zero-order valence-electron chi connectivity index (χ0n) is 14.8. The van der Waals surface area contributed by atoms with Gasteiger partial charge in [-0.05, 0) is 31.5 Å². The van der Waals surface area contributed by atoms with Gasteiger partial charge in [0.05, 0.1) is 17.7 Å². The van der Waals surface area contributed by atoms with E-state index >= 15 is 0 Å². The number of ketones is 1. The van der Waals surface area contributed by atoms with Crippen LogP contribution in [-0.4, -0.2) is 26.2 Å². The molecule has 3 rings (SSSR count). The maximum absolute atomic E-state index is 13.1. The molecule has 0 amide bonds. The Morgan fingerprint density at radius 3 is 2.52 bits per heavy atom. The largest absolute Gasteiger partial charge is 0.497 e. The van der Waals surface area contributed by atoms with Gasteiger partial charge in [-0.15, -0.1) is 0 Å². The van der Waals surface area contributed by atoms with E-state index in [4.69, 9.17) is 4.74 Å². The number of hydrogen-bond donors (Lipinski definition) is 1. The smallest absolute Gasteiger partial charge is 0.271 e. The molecule has 0 saturated carbocycles. The third-order valence-electron chi connectivity index (χ3n) is 4.24. The molecule has 0 bridgehead atoms. The van der Waals surface area contributed by atoms with E-state index in [1.54, 1.807) is 19.1 Å². The number of Topliss-reactive ketones (excluding diaryl/α,β-unsaturated/α-hetero) is 1. The van der Waals surface area contributed by atoms with Crippen molar-refractivity contribution < 1.29 is 22.9 Å². The van der Waals surface area contributed by atoms with E-state index in [0.717, 1.165) is 6.07 Å². The summed E-state index contributed by atoms with van der Waals surface area (Å²) in [5, 5.41) is 14.0. The molecule has 1 aliphatic rings. The van der Waals surface area contributed by atoms with E-state index in [1.807, 2.05) is 0 Å². The quantitative estimate of drug-likeness (QED) is 0.486. The van der Waals surface area contributed by atoms with Crippen LogP contribution in [0.4, 0.5) is 11.4 Å². The number of anilines is 1. The lowest BCUT2D eigenvalue weighted by Crippen LogP contribution is -2.24. The first-order valence-electron chi connectivity index (χ1n) is 7.87. The van der Waals surface area contributed by atoms with Crippen LogP contribution in [-0.2, 0) is 9.84 Å². The second kappa shape index (κ2) is 6.51. The molecule has 2 aromatic rings. The Morgan fingerprint density at radius 1 is 1.19 bits per heavy atom. The number of aryl methyl sites for hydroxylation is 1. The van der Waals surface area contributed by atoms with Crippen molar-refractivity contribution in [3.05, 3.63) is 68.2 Å². The maximum atomic E-state index is 13.1. The zero-order valence-corrected chi connectivity index (χ0v) is 15.6. The molecule has 27 heavy (non-hydrogen) atoms. The van der Waals surface area contributed by atoms with Crippen LogP contribution in [0.2, 0.25) is 0 Å². The molecule has 0 spiro atoms. The molecule has 0 atom stereocenters. The van der Waals surface area contributed by atoms with Crippen LogP contribution in [0.5, 0.6) is 5.75 Å². The summed E-state index contributed by atoms with van der Waals surface area (Å²) in [6, 6.07) is 8.38. The van der Waals surface area contributed by atoms with Crippen molar-refractivity contribution in [1.82, 2.24) is 0 Å². The number of hydrogen-bond acceptors (Lipinski definition) is 7. The second-order valence-corrected chi connectivity index (χ2v) is 7.89. The molecule has 140 valence electrons. The summed E-state index contributed by atoms with van der Waals surface area (Å²) >= 11 is 0. The molecular weight excluding hydrogens is 372 g/mol. The lowest BCUT2D eigenvalue weighted by molar-refractivity contribution is -0.385. The number of methoxy groups -OCH3 is 1. The summed E-state index contributed by atoms with van der Waals surface area (Å²) in [4.78, 5) is 22.7. The monoisotopic (exact) mass is 388 g/mol. The highest BCUT2D eigenvalue weighted by Crippen LogP contribution is 2.40. The zero-order chi connectivity index (χ0) is 19.9. The van der Waals surface area contributed by atoms with Gasteiger partial charge in [-0.25, -0.2) is 8.42 Å². The normalized spacial score (nSPS) is 14.9. The van der Waals surface area contributed by atoms with E-state index in [-0.39, 0.29) is 27.5 Å². The number of ether oxygens (including phenoxy) is 1. The van der Waals surface area contributed by atoms with Gasteiger partial charge >= 0.3 is 0 Å². The number of carbonyl (C=O) groups is 1. The predicted molar refractivity (Wildman–Crippen MR) is 98.7 cm³/mol. The number of non-ortho nitro benzene ring substituents is 1. The Morgan fingerprint density at radius 2 is 1.89 bits per heavy atom. The molecule has 0 unspecified atom stereocenters. The fourth-order valence-electron chi connectivity index (χ4n) is 2.96. The number of nitrogens with zero attached hydrogens (tertiary/aromatic N) is 1. The number of nitro groups is 1. The Hall–Kier alpha value is -3.20. The van der Waals surface area contributed by atoms with Crippen LogP contribution in [0.25, 0.3) is 0 Å². The lowest BCUT2D eigenvalue weighted by atomic mass is 10.1. The molecular formula is C18H16N2O6S. The van der Waals surface area contributed by atoms with Crippen LogP contribution in [0.1, 0.15) is 22.8 Å². The SMILES string of the molecule is COc1cccc(C(=O)C2=C(C)Nc3c(C)cc([N+](=O)[O-])cc3S2(=O)=O)c1. The van der Waals surface area contributed by atoms with Gasteiger partial charge in [0, 0.05) is 23.4 Å². The number of allylic oxidation sites excluding steroid dienone is 2. The highest BCUT2D eigenvalue weighted by Gasteiger charge is 2.37. The van der Waals surface area contributed by atoms with E-state index in [0.29, 0.717) is 11.3 Å². The van der Waals surface area contributed by atoms with Crippen molar-refractivity contribution >= 4 is 27.0 Å². The lowest BCUT2D eigenvalue weighted by Gasteiger charge is -2.23. The van der Waals surface area contributed by atoms with Crippen molar-refractivity contribution in [3.8, 4) is 5.75 Å². The summed E-state index contributed by atoms with van der Waals surface area (Å²) in [5.74, 6) is -0.305. The average Bonchev–Trinajstić information content (AvgIpc) is 2.62. The maximum Gasteiger partial charge on any atom is 0.271 e. The number of rotatable bonds is 4. The van der Waals surface area contributed by atoms with Gasteiger partial charge in [0.1, 0.15) is 15.6 Å². The number of sulfone groups is 1. The van der Waals surface area contributed by atoms with Gasteiger partial charge < -0.3 is 10.1 Å². The molecule has 0 saturated heterocycles. The third-order valence-corrected chi connectivity index (χ3v) is 6.17. The second-order valence-electron chi connectivity index (χ2n) is 6.04. The molecule has 8 nitrogen and oxygen atoms in total. The fraction of sp³-hybridized carbons (Fsp3) is 0.167. The van der Waals surface area contributed by atoms with Gasteiger partial charge in [0.25, 0.3) is 5.69 Å². The molecule has 0 aromatic heterocycles. The van der Waals surface area contributed by atoms with Crippen LogP contribution in [0.3, 0.4) is 0 Å². The molecule has 9 heteroatoms. The number of fused-ring (bicyclic) bond motifs is 1. The third kappa shape index (κ3) is 3.06. The first-order chi connectivity index (χ1) is 12.7. The molecule has 1 aliphatic heterocycles. The van der Waals surface area contributed by atoms with Gasteiger partial charge in [-0.3, -0.25) is 14.9 Å². The topological polar surface area (TPSA) is 116 Å². The molecule has 1 heterocycles. The van der Waals surface area contributed by atoms with Crippen molar-refractivity contribution in [3.63, 3.8) is 0 Å². The number of nitro benzene ring substituents is 1. The molecule has 1 N–H and O–H groups in total. The summed E-state index contributed by atoms with van der Waals surface area (Å²) in [6.07, 6.45) is 0. The Labute approximate surface area is 155 Å². The molecule has 0 aliphatic carbocycles. The van der Waals surface area contributed by atoms with Gasteiger partial charge in [-0.2, -0.15) is 0 Å². The van der Waals surface area contributed by atoms with E-state index in [2.05, 4.69) is 5.32 Å². The van der Waals surface area contributed by atoms with E-state index < -0.39 is 25.4 Å². The summed E-state index contributed by atoms with van der Waals surface area (Å²) < 4.78 is 31.4. The first-order valence-corrected chi connectivity index (χ1v) is 9.36. The molecule has 0 fully saturated rings. The Bertz CT molecular complexity index is 1120. The molecule has 2 aromatic carbocycles. The highest BCUT2D eigenvalue weighted by atomic mass is 32.2. The highest BCUT2D eigenvalue weighted by molar-refractivity contribution is 7.96. The minimum atomic E-state index is -4.26. The summed E-state index contributed by atoms with van der Waals surface area (Å²) in [6.45, 7) is 3.05. The number of carbonyl (C=O) groups excluding carboxylic acids is 1. The minimum absolute atomic E-state index is 0.139. The van der Waals surface area contributed by atoms with Gasteiger partial charge in [0.2, 0.25) is 15.6 Å². The van der Waals surface area contributed by atoms with Crippen LogP contribution in [0.15, 0.2) is 51.9 Å². The summed E-state index contributed by atoms with van der Waals surface area (Å²) in [5.41, 5.74) is 0.576. The Balaban J connectivity index is 2.19. The number of nitrogens with one attached hydrogen (secondary N) is 1. The van der Waals surface area contributed by atoms with Crippen molar-refractivity contribution in [2.45, 2.75) is 18.7 Å². The predicted octanol–water partition coefficient (Wildman–Crippen LogP) is 3.23. The van der Waals surface area contributed by atoms with Gasteiger partial charge in [0.15, 0.2) is 0 Å². The average molecular weight is 388 g/mol. The fourth-order valence-corrected chi connectivity index (χ4v) is 4.75. The molecule has 0 radical (unpaired) electrons. The van der Waals surface area contributed by atoms with Crippen LogP contribution < -0.4 is 10.1 Å². The Kier molecular flexibility index (Phi) is 4.48. The van der Waals surface area contributed by atoms with E-state index in [9.17, 15) is 23.3 Å².